The van der Waals surface area contributed by atoms with Gasteiger partial charge in [0.25, 0.3) is 0 Å². The fourth-order valence-corrected chi connectivity index (χ4v) is 3.95. The first-order valence-corrected chi connectivity index (χ1v) is 11.4. The highest BCUT2D eigenvalue weighted by Crippen LogP contribution is 2.24. The van der Waals surface area contributed by atoms with Crippen LogP contribution in [0.5, 0.6) is 0 Å². The Hall–Kier alpha value is -3.97. The van der Waals surface area contributed by atoms with E-state index in [1.165, 1.54) is 11.3 Å². The molecule has 0 radical (unpaired) electrons. The number of carbonyl (C=O) groups is 2. The SMILES string of the molecule is O=C(N[C@@H](Cc1ccccc1)C(=O)Nc1nc(-c2ccccc2)cs1)OCc1ccccc1. The number of nitrogens with one attached hydrogen (secondary N) is 2. The predicted octanol–water partition coefficient (Wildman–Crippen LogP) is 5.29. The molecule has 0 aliphatic carbocycles. The number of aromatic nitrogens is 1. The van der Waals surface area contributed by atoms with E-state index in [-0.39, 0.29) is 12.5 Å². The first-order chi connectivity index (χ1) is 16.2. The Labute approximate surface area is 196 Å². The average molecular weight is 458 g/mol. The van der Waals surface area contributed by atoms with Gasteiger partial charge >= 0.3 is 6.09 Å². The van der Waals surface area contributed by atoms with Crippen molar-refractivity contribution >= 4 is 28.5 Å². The summed E-state index contributed by atoms with van der Waals surface area (Å²) in [5.41, 5.74) is 3.54. The highest BCUT2D eigenvalue weighted by Gasteiger charge is 2.23. The van der Waals surface area contributed by atoms with Crippen molar-refractivity contribution in [1.82, 2.24) is 10.3 Å². The van der Waals surface area contributed by atoms with Crippen LogP contribution in [-0.4, -0.2) is 23.0 Å². The lowest BCUT2D eigenvalue weighted by Crippen LogP contribution is -2.45. The molecule has 0 bridgehead atoms. The van der Waals surface area contributed by atoms with E-state index in [0.717, 1.165) is 22.4 Å². The lowest BCUT2D eigenvalue weighted by Gasteiger charge is -2.18. The third-order valence-corrected chi connectivity index (χ3v) is 5.67. The number of ether oxygens (including phenoxy) is 1. The summed E-state index contributed by atoms with van der Waals surface area (Å²) in [5.74, 6) is -0.357. The van der Waals surface area contributed by atoms with Gasteiger partial charge in [-0.15, -0.1) is 11.3 Å². The van der Waals surface area contributed by atoms with Crippen molar-refractivity contribution in [2.24, 2.45) is 0 Å². The van der Waals surface area contributed by atoms with Gasteiger partial charge in [0.05, 0.1) is 5.69 Å². The highest BCUT2D eigenvalue weighted by molar-refractivity contribution is 7.14. The van der Waals surface area contributed by atoms with Crippen LogP contribution in [0.1, 0.15) is 11.1 Å². The normalized spacial score (nSPS) is 11.4. The molecule has 0 saturated heterocycles. The van der Waals surface area contributed by atoms with E-state index in [2.05, 4.69) is 15.6 Å². The molecule has 166 valence electrons. The van der Waals surface area contributed by atoms with Crippen LogP contribution in [0.15, 0.2) is 96.4 Å². The molecule has 4 rings (SSSR count). The first kappa shape index (κ1) is 22.2. The zero-order valence-electron chi connectivity index (χ0n) is 17.8. The van der Waals surface area contributed by atoms with Gasteiger partial charge in [-0.05, 0) is 11.1 Å². The van der Waals surface area contributed by atoms with E-state index < -0.39 is 12.1 Å². The summed E-state index contributed by atoms with van der Waals surface area (Å²) in [4.78, 5) is 30.0. The Balaban J connectivity index is 1.42. The van der Waals surface area contributed by atoms with Crippen molar-refractivity contribution in [2.75, 3.05) is 5.32 Å². The lowest BCUT2D eigenvalue weighted by molar-refractivity contribution is -0.118. The molecule has 33 heavy (non-hydrogen) atoms. The number of anilines is 1. The van der Waals surface area contributed by atoms with Gasteiger partial charge in [0, 0.05) is 17.4 Å². The summed E-state index contributed by atoms with van der Waals surface area (Å²) in [6, 6.07) is 27.8. The number of rotatable bonds is 8. The molecule has 2 amide bonds. The summed E-state index contributed by atoms with van der Waals surface area (Å²) in [7, 11) is 0. The second-order valence-corrected chi connectivity index (χ2v) is 8.20. The smallest absolute Gasteiger partial charge is 0.408 e. The number of benzene rings is 3. The maximum Gasteiger partial charge on any atom is 0.408 e. The molecule has 6 nitrogen and oxygen atoms in total. The van der Waals surface area contributed by atoms with E-state index in [4.69, 9.17) is 4.74 Å². The summed E-state index contributed by atoms with van der Waals surface area (Å²) < 4.78 is 5.32. The number of hydrogen-bond acceptors (Lipinski definition) is 5. The van der Waals surface area contributed by atoms with Gasteiger partial charge in [-0.2, -0.15) is 0 Å². The fourth-order valence-electron chi connectivity index (χ4n) is 3.23. The van der Waals surface area contributed by atoms with Crippen molar-refractivity contribution in [3.63, 3.8) is 0 Å². The second-order valence-electron chi connectivity index (χ2n) is 7.34. The number of carbonyl (C=O) groups excluding carboxylic acids is 2. The summed E-state index contributed by atoms with van der Waals surface area (Å²) >= 11 is 1.34. The number of thiazole rings is 1. The summed E-state index contributed by atoms with van der Waals surface area (Å²) in [5, 5.41) is 7.88. The van der Waals surface area contributed by atoms with Crippen LogP contribution in [0.2, 0.25) is 0 Å². The van der Waals surface area contributed by atoms with Gasteiger partial charge in [0.2, 0.25) is 5.91 Å². The standard InChI is InChI=1S/C26H23N3O3S/c30-24(29-25-27-23(18-33-25)21-14-8-3-9-15-21)22(16-19-10-4-1-5-11-19)28-26(31)32-17-20-12-6-2-7-13-20/h1-15,18,22H,16-17H2,(H,28,31)(H,27,29,30)/t22-/m0/s1. The number of alkyl carbamates (subject to hydrolysis) is 1. The van der Waals surface area contributed by atoms with Crippen LogP contribution in [0.4, 0.5) is 9.93 Å². The Morgan fingerprint density at radius 3 is 2.12 bits per heavy atom. The van der Waals surface area contributed by atoms with Crippen molar-refractivity contribution in [1.29, 1.82) is 0 Å². The largest absolute Gasteiger partial charge is 0.445 e. The Morgan fingerprint density at radius 2 is 1.45 bits per heavy atom. The molecule has 0 aliphatic rings. The number of amides is 2. The maximum absolute atomic E-state index is 13.1. The Bertz CT molecular complexity index is 1180. The molecule has 0 fully saturated rings. The minimum Gasteiger partial charge on any atom is -0.445 e. The predicted molar refractivity (Wildman–Crippen MR) is 130 cm³/mol. The van der Waals surface area contributed by atoms with E-state index in [1.807, 2.05) is 96.4 Å². The Kier molecular flexibility index (Phi) is 7.45. The minimum atomic E-state index is -0.820. The zero-order valence-corrected chi connectivity index (χ0v) is 18.6. The van der Waals surface area contributed by atoms with E-state index >= 15 is 0 Å². The van der Waals surface area contributed by atoms with Crippen LogP contribution in [-0.2, 0) is 22.6 Å². The fraction of sp³-hybridized carbons (Fsp3) is 0.115. The first-order valence-electron chi connectivity index (χ1n) is 10.5. The third kappa shape index (κ3) is 6.51. The van der Waals surface area contributed by atoms with Crippen LogP contribution < -0.4 is 10.6 Å². The average Bonchev–Trinajstić information content (AvgIpc) is 3.33. The lowest BCUT2D eigenvalue weighted by atomic mass is 10.1. The van der Waals surface area contributed by atoms with Gasteiger partial charge < -0.3 is 15.4 Å². The zero-order chi connectivity index (χ0) is 22.9. The molecule has 7 heteroatoms. The quantitative estimate of drug-likeness (QED) is 0.377. The van der Waals surface area contributed by atoms with Gasteiger partial charge in [-0.3, -0.25) is 4.79 Å². The monoisotopic (exact) mass is 457 g/mol. The molecule has 1 heterocycles. The second kappa shape index (κ2) is 11.1. The maximum atomic E-state index is 13.1. The molecule has 0 spiro atoms. The molecule has 0 aliphatic heterocycles. The molecular weight excluding hydrogens is 434 g/mol. The molecule has 4 aromatic rings. The van der Waals surface area contributed by atoms with Crippen LogP contribution in [0.25, 0.3) is 11.3 Å². The third-order valence-electron chi connectivity index (χ3n) is 4.91. The number of nitrogens with zero attached hydrogens (tertiary/aromatic N) is 1. The van der Waals surface area contributed by atoms with Crippen LogP contribution in [0, 0.1) is 0 Å². The van der Waals surface area contributed by atoms with Gasteiger partial charge in [0.15, 0.2) is 5.13 Å². The summed E-state index contributed by atoms with van der Waals surface area (Å²) in [6.45, 7) is 0.124. The van der Waals surface area contributed by atoms with Crippen LogP contribution >= 0.6 is 11.3 Å². The van der Waals surface area contributed by atoms with Crippen molar-refractivity contribution in [3.8, 4) is 11.3 Å². The topological polar surface area (TPSA) is 80.3 Å². The van der Waals surface area contributed by atoms with E-state index in [9.17, 15) is 9.59 Å². The molecule has 1 atom stereocenters. The minimum absolute atomic E-state index is 0.124. The molecule has 0 saturated carbocycles. The van der Waals surface area contributed by atoms with E-state index in [1.54, 1.807) is 0 Å². The van der Waals surface area contributed by atoms with Crippen LogP contribution in [0.3, 0.4) is 0 Å². The Morgan fingerprint density at radius 1 is 0.848 bits per heavy atom. The number of hydrogen-bond donors (Lipinski definition) is 2. The molecule has 2 N–H and O–H groups in total. The molecule has 1 aromatic heterocycles. The molecular formula is C26H23N3O3S. The molecule has 0 unspecified atom stereocenters. The summed E-state index contributed by atoms with van der Waals surface area (Å²) in [6.07, 6.45) is -0.330. The van der Waals surface area contributed by atoms with Crippen molar-refractivity contribution < 1.29 is 14.3 Å². The van der Waals surface area contributed by atoms with E-state index in [0.29, 0.717) is 11.6 Å². The molecule has 3 aromatic carbocycles. The van der Waals surface area contributed by atoms with Crippen molar-refractivity contribution in [3.05, 3.63) is 108 Å². The van der Waals surface area contributed by atoms with Gasteiger partial charge in [0.1, 0.15) is 12.6 Å². The highest BCUT2D eigenvalue weighted by atomic mass is 32.1. The van der Waals surface area contributed by atoms with Gasteiger partial charge in [-0.1, -0.05) is 91.0 Å². The van der Waals surface area contributed by atoms with Crippen molar-refractivity contribution in [2.45, 2.75) is 19.1 Å². The van der Waals surface area contributed by atoms with Gasteiger partial charge in [-0.25, -0.2) is 9.78 Å².